The minimum atomic E-state index is -1.21. The third-order valence-electron chi connectivity index (χ3n) is 2.83. The topological polar surface area (TPSA) is 70.1 Å². The van der Waals surface area contributed by atoms with Gasteiger partial charge in [-0.05, 0) is 5.56 Å². The van der Waals surface area contributed by atoms with Gasteiger partial charge in [-0.15, -0.1) is 0 Å². The zero-order valence-electron chi connectivity index (χ0n) is 10.1. The first-order valence-electron chi connectivity index (χ1n) is 5.55. The maximum absolute atomic E-state index is 12.0. The Labute approximate surface area is 105 Å². The van der Waals surface area contributed by atoms with E-state index in [0.717, 1.165) is 0 Å². The number of hydrogen-bond acceptors (Lipinski definition) is 4. The average molecular weight is 245 g/mol. The monoisotopic (exact) mass is 245 g/mol. The van der Waals surface area contributed by atoms with E-state index in [4.69, 9.17) is 10.5 Å². The Morgan fingerprint density at radius 3 is 2.72 bits per heavy atom. The molecule has 0 fully saturated rings. The number of ether oxygens (including phenoxy) is 1. The number of esters is 1. The molecule has 18 heavy (non-hydrogen) atoms. The zero-order chi connectivity index (χ0) is 13.0. The van der Waals surface area contributed by atoms with Crippen LogP contribution in [0.25, 0.3) is 0 Å². The van der Waals surface area contributed by atoms with E-state index >= 15 is 0 Å². The molecule has 1 unspecified atom stereocenters. The van der Waals surface area contributed by atoms with Gasteiger partial charge in [-0.3, -0.25) is 0 Å². The maximum Gasteiger partial charge on any atom is 0.332 e. The van der Waals surface area contributed by atoms with Gasteiger partial charge in [0.15, 0.2) is 5.54 Å². The molecule has 1 heterocycles. The maximum atomic E-state index is 12.0. The van der Waals surface area contributed by atoms with E-state index in [1.165, 1.54) is 7.11 Å². The van der Waals surface area contributed by atoms with Crippen LogP contribution < -0.4 is 5.73 Å². The number of carbonyl (C=O) groups excluding carboxylic acids is 1. The zero-order valence-corrected chi connectivity index (χ0v) is 10.1. The summed E-state index contributed by atoms with van der Waals surface area (Å²) in [5.74, 6) is -0.470. The molecule has 0 spiro atoms. The van der Waals surface area contributed by atoms with Gasteiger partial charge in [0, 0.05) is 12.4 Å². The average Bonchev–Trinajstić information content (AvgIpc) is 2.91. The smallest absolute Gasteiger partial charge is 0.332 e. The van der Waals surface area contributed by atoms with E-state index in [-0.39, 0.29) is 6.54 Å². The number of hydrogen-bond donors (Lipinski definition) is 1. The number of rotatable bonds is 4. The lowest BCUT2D eigenvalue weighted by Gasteiger charge is -2.27. The fraction of sp³-hybridized carbons (Fsp3) is 0.231. The lowest BCUT2D eigenvalue weighted by Crippen LogP contribution is -2.49. The minimum Gasteiger partial charge on any atom is -0.467 e. The summed E-state index contributed by atoms with van der Waals surface area (Å²) in [6.07, 6.45) is 5.02. The van der Waals surface area contributed by atoms with Gasteiger partial charge in [0.1, 0.15) is 0 Å². The van der Waals surface area contributed by atoms with Crippen molar-refractivity contribution in [3.8, 4) is 0 Å². The molecule has 0 saturated heterocycles. The van der Waals surface area contributed by atoms with Crippen molar-refractivity contribution in [1.82, 2.24) is 9.55 Å². The lowest BCUT2D eigenvalue weighted by molar-refractivity contribution is -0.148. The second kappa shape index (κ2) is 5.01. The lowest BCUT2D eigenvalue weighted by atomic mass is 9.91. The summed E-state index contributed by atoms with van der Waals surface area (Å²) in [6, 6.07) is 9.18. The number of aromatic nitrogens is 2. The Morgan fingerprint density at radius 1 is 1.44 bits per heavy atom. The molecule has 2 aromatic rings. The fourth-order valence-electron chi connectivity index (χ4n) is 1.86. The third kappa shape index (κ3) is 2.26. The van der Waals surface area contributed by atoms with Crippen molar-refractivity contribution in [2.24, 2.45) is 5.73 Å². The van der Waals surface area contributed by atoms with E-state index in [1.807, 2.05) is 30.3 Å². The normalized spacial score (nSPS) is 13.9. The highest BCUT2D eigenvalue weighted by atomic mass is 16.5. The molecule has 1 atom stereocenters. The van der Waals surface area contributed by atoms with Crippen LogP contribution in [0.1, 0.15) is 5.56 Å². The van der Waals surface area contributed by atoms with Gasteiger partial charge in [0.05, 0.1) is 20.0 Å². The molecule has 5 heteroatoms. The first-order chi connectivity index (χ1) is 8.66. The molecule has 0 aliphatic rings. The van der Waals surface area contributed by atoms with Crippen molar-refractivity contribution in [2.75, 3.05) is 7.11 Å². The molecule has 0 radical (unpaired) electrons. The molecule has 5 nitrogen and oxygen atoms in total. The van der Waals surface area contributed by atoms with E-state index in [2.05, 4.69) is 4.98 Å². The quantitative estimate of drug-likeness (QED) is 0.813. The van der Waals surface area contributed by atoms with Crippen LogP contribution >= 0.6 is 0 Å². The molecule has 0 aliphatic heterocycles. The predicted molar refractivity (Wildman–Crippen MR) is 66.6 cm³/mol. The standard InChI is InChI=1S/C13H15N3O2/c1-18-12(17)13(14,9-16-8-7-15-10-16)11-5-3-2-4-6-11/h2-8,10H,9,14H2,1H3. The van der Waals surface area contributed by atoms with Gasteiger partial charge >= 0.3 is 5.97 Å². The summed E-state index contributed by atoms with van der Waals surface area (Å²) >= 11 is 0. The Hall–Kier alpha value is -2.14. The summed E-state index contributed by atoms with van der Waals surface area (Å²) in [4.78, 5) is 15.9. The van der Waals surface area contributed by atoms with Crippen LogP contribution in [0.2, 0.25) is 0 Å². The van der Waals surface area contributed by atoms with Gasteiger partial charge in [0.2, 0.25) is 0 Å². The van der Waals surface area contributed by atoms with Crippen LogP contribution in [-0.2, 0) is 21.6 Å². The van der Waals surface area contributed by atoms with Crippen molar-refractivity contribution in [3.05, 3.63) is 54.6 Å². The van der Waals surface area contributed by atoms with Crippen molar-refractivity contribution in [2.45, 2.75) is 12.1 Å². The van der Waals surface area contributed by atoms with Gasteiger partial charge in [0.25, 0.3) is 0 Å². The second-order valence-corrected chi connectivity index (χ2v) is 4.06. The largest absolute Gasteiger partial charge is 0.467 e. The second-order valence-electron chi connectivity index (χ2n) is 4.06. The predicted octanol–water partition coefficient (Wildman–Crippen LogP) is 0.910. The number of benzene rings is 1. The first kappa shape index (κ1) is 12.3. The highest BCUT2D eigenvalue weighted by Gasteiger charge is 2.37. The Bertz CT molecular complexity index is 510. The number of nitrogens with zero attached hydrogens (tertiary/aromatic N) is 2. The fourth-order valence-corrected chi connectivity index (χ4v) is 1.86. The van der Waals surface area contributed by atoms with Gasteiger partial charge in [-0.25, -0.2) is 9.78 Å². The molecule has 0 amide bonds. The van der Waals surface area contributed by atoms with Crippen molar-refractivity contribution < 1.29 is 9.53 Å². The Kier molecular flexibility index (Phi) is 3.43. The number of methoxy groups -OCH3 is 1. The summed E-state index contributed by atoms with van der Waals surface area (Å²) < 4.78 is 6.57. The van der Waals surface area contributed by atoms with Gasteiger partial charge in [-0.1, -0.05) is 30.3 Å². The molecule has 1 aromatic carbocycles. The van der Waals surface area contributed by atoms with Crippen LogP contribution in [0.4, 0.5) is 0 Å². The molecular formula is C13H15N3O2. The molecule has 0 bridgehead atoms. The first-order valence-corrected chi connectivity index (χ1v) is 5.55. The summed E-state index contributed by atoms with van der Waals surface area (Å²) in [5.41, 5.74) is 5.74. The van der Waals surface area contributed by atoms with E-state index < -0.39 is 11.5 Å². The van der Waals surface area contributed by atoms with Gasteiger partial charge < -0.3 is 15.0 Å². The summed E-state index contributed by atoms with van der Waals surface area (Å²) in [6.45, 7) is 0.281. The van der Waals surface area contributed by atoms with Crippen LogP contribution in [0, 0.1) is 0 Å². The highest BCUT2D eigenvalue weighted by Crippen LogP contribution is 2.22. The summed E-state index contributed by atoms with van der Waals surface area (Å²) in [5, 5.41) is 0. The molecule has 2 rings (SSSR count). The SMILES string of the molecule is COC(=O)C(N)(Cn1ccnc1)c1ccccc1. The molecule has 0 aliphatic carbocycles. The van der Waals surface area contributed by atoms with E-state index in [1.54, 1.807) is 23.3 Å². The minimum absolute atomic E-state index is 0.281. The van der Waals surface area contributed by atoms with Crippen LogP contribution in [0.15, 0.2) is 49.1 Å². The number of carbonyl (C=O) groups is 1. The summed E-state index contributed by atoms with van der Waals surface area (Å²) in [7, 11) is 1.33. The van der Waals surface area contributed by atoms with E-state index in [9.17, 15) is 4.79 Å². The Morgan fingerprint density at radius 2 is 2.17 bits per heavy atom. The molecular weight excluding hydrogens is 230 g/mol. The van der Waals surface area contributed by atoms with Crippen molar-refractivity contribution >= 4 is 5.97 Å². The van der Waals surface area contributed by atoms with Crippen molar-refractivity contribution in [1.29, 1.82) is 0 Å². The Balaban J connectivity index is 2.38. The van der Waals surface area contributed by atoms with E-state index in [0.29, 0.717) is 5.56 Å². The third-order valence-corrected chi connectivity index (χ3v) is 2.83. The molecule has 1 aromatic heterocycles. The van der Waals surface area contributed by atoms with Crippen LogP contribution in [-0.4, -0.2) is 22.6 Å². The van der Waals surface area contributed by atoms with Crippen LogP contribution in [0.5, 0.6) is 0 Å². The molecule has 0 saturated carbocycles. The molecule has 94 valence electrons. The number of nitrogens with two attached hydrogens (primary N) is 1. The number of imidazole rings is 1. The van der Waals surface area contributed by atoms with Crippen LogP contribution in [0.3, 0.4) is 0 Å². The highest BCUT2D eigenvalue weighted by molar-refractivity contribution is 5.82. The van der Waals surface area contributed by atoms with Crippen molar-refractivity contribution in [3.63, 3.8) is 0 Å². The van der Waals surface area contributed by atoms with Gasteiger partial charge in [-0.2, -0.15) is 0 Å². The molecule has 2 N–H and O–H groups in total.